The molecular weight excluding hydrogens is 540 g/mol. The number of unbranched alkanes of at least 4 members (excludes halogenated alkanes) is 13. The Labute approximate surface area is 274 Å². The van der Waals surface area contributed by atoms with Gasteiger partial charge in [0.05, 0.1) is 18.6 Å². The van der Waals surface area contributed by atoms with Gasteiger partial charge >= 0.3 is 5.97 Å². The Balaban J connectivity index is 1.44. The molecule has 3 fully saturated rings. The predicted molar refractivity (Wildman–Crippen MR) is 188 cm³/mol. The summed E-state index contributed by atoms with van der Waals surface area (Å²) in [7, 11) is 0. The summed E-state index contributed by atoms with van der Waals surface area (Å²) in [6.45, 7) is 12.5. The van der Waals surface area contributed by atoms with Crippen LogP contribution in [0.2, 0.25) is 0 Å². The first-order valence-corrected chi connectivity index (χ1v) is 20.0. The summed E-state index contributed by atoms with van der Waals surface area (Å²) in [4.78, 5) is 13.6. The Morgan fingerprint density at radius 2 is 0.955 bits per heavy atom. The van der Waals surface area contributed by atoms with E-state index >= 15 is 0 Å². The van der Waals surface area contributed by atoms with Crippen molar-refractivity contribution in [2.24, 2.45) is 40.4 Å². The number of aliphatic hydroxyl groups excluding tert-OH is 1. The molecule has 258 valence electrons. The lowest BCUT2D eigenvalue weighted by molar-refractivity contribution is -0.163. The fourth-order valence-electron chi connectivity index (χ4n) is 9.83. The molecule has 0 saturated heterocycles. The van der Waals surface area contributed by atoms with Crippen LogP contribution < -0.4 is 0 Å². The first-order chi connectivity index (χ1) is 21.2. The molecule has 2 atom stereocenters. The fourth-order valence-corrected chi connectivity index (χ4v) is 9.83. The number of carbonyl (C=O) groups excluding carboxylic acids is 1. The van der Waals surface area contributed by atoms with Gasteiger partial charge in [0.1, 0.15) is 0 Å². The van der Waals surface area contributed by atoms with Gasteiger partial charge in [0, 0.05) is 0 Å². The van der Waals surface area contributed by atoms with Crippen molar-refractivity contribution >= 4 is 5.97 Å². The van der Waals surface area contributed by atoms with E-state index in [9.17, 15) is 9.90 Å². The summed E-state index contributed by atoms with van der Waals surface area (Å²) in [5.74, 6) is 1.61. The van der Waals surface area contributed by atoms with E-state index < -0.39 is 0 Å². The molecule has 44 heavy (non-hydrogen) atoms. The highest BCUT2D eigenvalue weighted by Crippen LogP contribution is 2.56. The minimum absolute atomic E-state index is 0.0282. The molecule has 0 aromatic heterocycles. The molecule has 3 rings (SSSR count). The van der Waals surface area contributed by atoms with Gasteiger partial charge in [0.15, 0.2) is 0 Å². The third-order valence-corrected chi connectivity index (χ3v) is 13.2. The van der Waals surface area contributed by atoms with Crippen LogP contribution >= 0.6 is 0 Å². The highest BCUT2D eigenvalue weighted by atomic mass is 16.5. The van der Waals surface area contributed by atoms with Crippen LogP contribution in [0.4, 0.5) is 0 Å². The Bertz CT molecular complexity index is 720. The van der Waals surface area contributed by atoms with Gasteiger partial charge in [-0.15, -0.1) is 0 Å². The van der Waals surface area contributed by atoms with Gasteiger partial charge in [-0.25, -0.2) is 0 Å². The lowest BCUT2D eigenvalue weighted by Gasteiger charge is -2.55. The molecule has 0 aliphatic heterocycles. The molecule has 1 N–H and O–H groups in total. The second-order valence-corrected chi connectivity index (χ2v) is 16.9. The standard InChI is InChI=1S/C41H76O3/c1-6-7-8-9-10-11-12-13-14-15-16-17-18-25-30-44-39(43)33-31-36(40(2,3)34-26-21-19-22-27-34)38(42)37(32-33)41(4,5)35-28-23-20-24-29-35/h33-38,42H,6-32H2,1-5H3. The minimum atomic E-state index is -0.321. The van der Waals surface area contributed by atoms with Crippen LogP contribution in [0.3, 0.4) is 0 Å². The number of ether oxygens (including phenoxy) is 1. The molecule has 3 aliphatic rings. The molecule has 0 heterocycles. The zero-order valence-corrected chi connectivity index (χ0v) is 30.3. The van der Waals surface area contributed by atoms with Crippen LogP contribution in [0.25, 0.3) is 0 Å². The molecule has 3 aliphatic carbocycles. The Morgan fingerprint density at radius 1 is 0.591 bits per heavy atom. The van der Waals surface area contributed by atoms with Crippen molar-refractivity contribution in [3.8, 4) is 0 Å². The van der Waals surface area contributed by atoms with E-state index in [1.807, 2.05) is 0 Å². The van der Waals surface area contributed by atoms with Gasteiger partial charge in [-0.05, 0) is 79.4 Å². The number of esters is 1. The predicted octanol–water partition coefficient (Wildman–Crippen LogP) is 12.2. The SMILES string of the molecule is CCCCCCCCCCCCCCCCOC(=O)C1CC(C(C)(C)C2CCCCC2)C(O)C(C(C)(C)C2CCCCC2)C1. The second-order valence-electron chi connectivity index (χ2n) is 16.9. The molecule has 3 saturated carbocycles. The molecule has 0 spiro atoms. The van der Waals surface area contributed by atoms with E-state index in [0.717, 1.165) is 19.3 Å². The number of hydrogen-bond donors (Lipinski definition) is 1. The summed E-state index contributed by atoms with van der Waals surface area (Å²) >= 11 is 0. The van der Waals surface area contributed by atoms with Gasteiger partial charge in [-0.1, -0.05) is 157 Å². The molecule has 0 aromatic carbocycles. The monoisotopic (exact) mass is 617 g/mol. The summed E-state index contributed by atoms with van der Waals surface area (Å²) in [5, 5.41) is 12.1. The third-order valence-electron chi connectivity index (χ3n) is 13.2. The number of aliphatic hydroxyl groups is 1. The van der Waals surface area contributed by atoms with Crippen LogP contribution in [0.5, 0.6) is 0 Å². The highest BCUT2D eigenvalue weighted by Gasteiger charge is 2.53. The maximum absolute atomic E-state index is 13.6. The highest BCUT2D eigenvalue weighted by molar-refractivity contribution is 5.72. The number of rotatable bonds is 20. The molecule has 0 radical (unpaired) electrons. The van der Waals surface area contributed by atoms with Gasteiger partial charge < -0.3 is 9.84 Å². The number of hydrogen-bond acceptors (Lipinski definition) is 3. The maximum Gasteiger partial charge on any atom is 0.308 e. The molecule has 3 nitrogen and oxygen atoms in total. The summed E-state index contributed by atoms with van der Waals surface area (Å²) in [5.41, 5.74) is 0.0998. The van der Waals surface area contributed by atoms with E-state index in [4.69, 9.17) is 4.74 Å². The third kappa shape index (κ3) is 11.6. The van der Waals surface area contributed by atoms with E-state index in [1.165, 1.54) is 148 Å². The summed E-state index contributed by atoms with van der Waals surface area (Å²) in [6.07, 6.45) is 33.1. The van der Waals surface area contributed by atoms with Crippen molar-refractivity contribution in [3.63, 3.8) is 0 Å². The average molecular weight is 617 g/mol. The number of carbonyl (C=O) groups is 1. The largest absolute Gasteiger partial charge is 0.465 e. The van der Waals surface area contributed by atoms with E-state index in [1.54, 1.807) is 0 Å². The van der Waals surface area contributed by atoms with Gasteiger partial charge in [-0.3, -0.25) is 4.79 Å². The summed E-state index contributed by atoms with van der Waals surface area (Å²) < 4.78 is 6.02. The second kappa shape index (κ2) is 19.9. The zero-order valence-electron chi connectivity index (χ0n) is 30.3. The Morgan fingerprint density at radius 3 is 1.34 bits per heavy atom. The van der Waals surface area contributed by atoms with Crippen molar-refractivity contribution in [1.82, 2.24) is 0 Å². The maximum atomic E-state index is 13.6. The van der Waals surface area contributed by atoms with Crippen LogP contribution in [0.1, 0.15) is 202 Å². The molecule has 3 heteroatoms. The smallest absolute Gasteiger partial charge is 0.308 e. The minimum Gasteiger partial charge on any atom is -0.465 e. The molecule has 0 aromatic rings. The van der Waals surface area contributed by atoms with Gasteiger partial charge in [-0.2, -0.15) is 0 Å². The van der Waals surface area contributed by atoms with Crippen molar-refractivity contribution in [2.75, 3.05) is 6.61 Å². The lowest BCUT2D eigenvalue weighted by atomic mass is 9.51. The molecular formula is C41H76O3. The van der Waals surface area contributed by atoms with Crippen LogP contribution in [-0.2, 0) is 9.53 Å². The molecule has 0 amide bonds. The summed E-state index contributed by atoms with van der Waals surface area (Å²) in [6, 6.07) is 0. The zero-order chi connectivity index (χ0) is 31.8. The fraction of sp³-hybridized carbons (Fsp3) is 0.976. The van der Waals surface area contributed by atoms with Crippen LogP contribution in [0.15, 0.2) is 0 Å². The topological polar surface area (TPSA) is 46.5 Å². The van der Waals surface area contributed by atoms with Crippen molar-refractivity contribution in [2.45, 2.75) is 208 Å². The lowest BCUT2D eigenvalue weighted by Crippen LogP contribution is -2.53. The van der Waals surface area contributed by atoms with E-state index in [2.05, 4.69) is 34.6 Å². The van der Waals surface area contributed by atoms with Crippen molar-refractivity contribution < 1.29 is 14.6 Å². The molecule has 2 unspecified atom stereocenters. The Kier molecular flexibility index (Phi) is 17.2. The van der Waals surface area contributed by atoms with Gasteiger partial charge in [0.25, 0.3) is 0 Å². The average Bonchev–Trinajstić information content (AvgIpc) is 3.03. The van der Waals surface area contributed by atoms with E-state index in [0.29, 0.717) is 18.4 Å². The Hall–Kier alpha value is -0.570. The van der Waals surface area contributed by atoms with Crippen LogP contribution in [-0.4, -0.2) is 23.8 Å². The van der Waals surface area contributed by atoms with Crippen molar-refractivity contribution in [3.05, 3.63) is 0 Å². The van der Waals surface area contributed by atoms with E-state index in [-0.39, 0.29) is 40.7 Å². The molecule has 0 bridgehead atoms. The van der Waals surface area contributed by atoms with Gasteiger partial charge in [0.2, 0.25) is 0 Å². The van der Waals surface area contributed by atoms with Crippen LogP contribution in [0, 0.1) is 40.4 Å². The van der Waals surface area contributed by atoms with Crippen molar-refractivity contribution in [1.29, 1.82) is 0 Å². The quantitative estimate of drug-likeness (QED) is 0.109. The first kappa shape index (κ1) is 37.9. The first-order valence-electron chi connectivity index (χ1n) is 20.0. The normalized spacial score (nSPS) is 26.1.